The topological polar surface area (TPSA) is 120 Å². The van der Waals surface area contributed by atoms with Crippen molar-refractivity contribution in [1.82, 2.24) is 10.6 Å². The predicted molar refractivity (Wildman–Crippen MR) is 155 cm³/mol. The summed E-state index contributed by atoms with van der Waals surface area (Å²) in [5.41, 5.74) is 0. The molecule has 226 valence electrons. The normalized spacial score (nSPS) is 12.9. The van der Waals surface area contributed by atoms with E-state index >= 15 is 0 Å². The van der Waals surface area contributed by atoms with Crippen molar-refractivity contribution < 1.29 is 38.6 Å². The maximum atomic E-state index is 9.92. The van der Waals surface area contributed by atoms with Crippen LogP contribution < -0.4 is 29.6 Å². The zero-order valence-electron chi connectivity index (χ0n) is 24.3. The van der Waals surface area contributed by atoms with Gasteiger partial charge in [-0.15, -0.1) is 0 Å². The van der Waals surface area contributed by atoms with E-state index in [0.717, 1.165) is 11.5 Å². The fourth-order valence-electron chi connectivity index (χ4n) is 3.27. The highest BCUT2D eigenvalue weighted by molar-refractivity contribution is 5.32. The van der Waals surface area contributed by atoms with Gasteiger partial charge in [0.1, 0.15) is 61.6 Å². The number of hydrogen-bond acceptors (Lipinski definition) is 10. The molecule has 0 amide bonds. The molecule has 0 bridgehead atoms. The van der Waals surface area contributed by atoms with Crippen molar-refractivity contribution in [2.24, 2.45) is 0 Å². The van der Waals surface area contributed by atoms with E-state index in [9.17, 15) is 10.2 Å². The van der Waals surface area contributed by atoms with Crippen LogP contribution in [0.3, 0.4) is 0 Å². The van der Waals surface area contributed by atoms with E-state index in [0.29, 0.717) is 76.3 Å². The van der Waals surface area contributed by atoms with Gasteiger partial charge in [-0.1, -0.05) is 27.7 Å². The quantitative estimate of drug-likeness (QED) is 0.150. The van der Waals surface area contributed by atoms with E-state index < -0.39 is 12.2 Å². The third kappa shape index (κ3) is 16.5. The Kier molecular flexibility index (Phi) is 17.1. The summed E-state index contributed by atoms with van der Waals surface area (Å²) in [6.07, 6.45) is -1.12. The van der Waals surface area contributed by atoms with Crippen LogP contribution in [-0.4, -0.2) is 100 Å². The molecule has 0 radical (unpaired) electrons. The molecule has 10 heteroatoms. The average molecular weight is 565 g/mol. The van der Waals surface area contributed by atoms with E-state index in [1.54, 1.807) is 0 Å². The molecule has 0 aliphatic heterocycles. The number of rotatable bonds is 23. The molecule has 10 nitrogen and oxygen atoms in total. The van der Waals surface area contributed by atoms with Crippen LogP contribution in [0.15, 0.2) is 48.5 Å². The number of hydrogen-bond donors (Lipinski definition) is 4. The molecular weight excluding hydrogens is 516 g/mol. The Morgan fingerprint density at radius 2 is 0.800 bits per heavy atom. The lowest BCUT2D eigenvalue weighted by Gasteiger charge is -2.15. The highest BCUT2D eigenvalue weighted by atomic mass is 16.6. The minimum atomic E-state index is -0.561. The van der Waals surface area contributed by atoms with Gasteiger partial charge in [0.15, 0.2) is 0 Å². The summed E-state index contributed by atoms with van der Waals surface area (Å²) in [5, 5.41) is 26.2. The maximum Gasteiger partial charge on any atom is 0.119 e. The summed E-state index contributed by atoms with van der Waals surface area (Å²) in [4.78, 5) is 0. The van der Waals surface area contributed by atoms with Gasteiger partial charge in [0.05, 0.1) is 26.4 Å². The van der Waals surface area contributed by atoms with Crippen LogP contribution in [0.25, 0.3) is 0 Å². The first-order valence-corrected chi connectivity index (χ1v) is 14.0. The minimum absolute atomic E-state index is 0.230. The lowest BCUT2D eigenvalue weighted by molar-refractivity contribution is 0.0273. The molecule has 2 atom stereocenters. The number of ether oxygens (including phenoxy) is 6. The van der Waals surface area contributed by atoms with Gasteiger partial charge in [-0.3, -0.25) is 0 Å². The van der Waals surface area contributed by atoms with Gasteiger partial charge >= 0.3 is 0 Å². The second kappa shape index (κ2) is 20.3. The van der Waals surface area contributed by atoms with Crippen molar-refractivity contribution >= 4 is 0 Å². The molecule has 0 saturated heterocycles. The van der Waals surface area contributed by atoms with Crippen LogP contribution in [0.1, 0.15) is 27.7 Å². The largest absolute Gasteiger partial charge is 0.491 e. The molecule has 0 spiro atoms. The summed E-state index contributed by atoms with van der Waals surface area (Å²) in [7, 11) is 0. The van der Waals surface area contributed by atoms with E-state index in [-0.39, 0.29) is 13.2 Å². The van der Waals surface area contributed by atoms with Crippen LogP contribution >= 0.6 is 0 Å². The first-order valence-electron chi connectivity index (χ1n) is 14.0. The Morgan fingerprint density at radius 3 is 1.12 bits per heavy atom. The molecule has 4 N–H and O–H groups in total. The van der Waals surface area contributed by atoms with E-state index in [4.69, 9.17) is 28.4 Å². The Balaban J connectivity index is 1.43. The number of benzene rings is 2. The van der Waals surface area contributed by atoms with Gasteiger partial charge in [-0.2, -0.15) is 0 Å². The van der Waals surface area contributed by atoms with Crippen molar-refractivity contribution in [3.8, 4) is 23.0 Å². The van der Waals surface area contributed by atoms with Crippen LogP contribution in [0.4, 0.5) is 0 Å². The van der Waals surface area contributed by atoms with Crippen molar-refractivity contribution in [2.75, 3.05) is 65.9 Å². The summed E-state index contributed by atoms with van der Waals surface area (Å²) in [6.45, 7) is 12.3. The molecule has 0 aromatic heterocycles. The molecule has 2 rings (SSSR count). The van der Waals surface area contributed by atoms with Crippen molar-refractivity contribution in [1.29, 1.82) is 0 Å². The molecule has 0 fully saturated rings. The van der Waals surface area contributed by atoms with Crippen LogP contribution in [0.2, 0.25) is 0 Å². The summed E-state index contributed by atoms with van der Waals surface area (Å²) < 4.78 is 33.6. The Bertz CT molecular complexity index is 807. The lowest BCUT2D eigenvalue weighted by Crippen LogP contribution is -2.35. The van der Waals surface area contributed by atoms with Crippen LogP contribution in [0.5, 0.6) is 23.0 Å². The van der Waals surface area contributed by atoms with Gasteiger partial charge in [-0.25, -0.2) is 0 Å². The molecule has 2 aromatic rings. The average Bonchev–Trinajstić information content (AvgIpc) is 2.95. The van der Waals surface area contributed by atoms with Gasteiger partial charge in [-0.05, 0) is 48.5 Å². The van der Waals surface area contributed by atoms with Gasteiger partial charge in [0.25, 0.3) is 0 Å². The highest BCUT2D eigenvalue weighted by Gasteiger charge is 2.07. The second-order valence-electron chi connectivity index (χ2n) is 9.92. The molecule has 2 aromatic carbocycles. The minimum Gasteiger partial charge on any atom is -0.491 e. The SMILES string of the molecule is CC(C)NC[C@H](O)COc1ccc(OCCOCCOCCOc2ccc(OC[C@@H](O)CNC(C)C)cc2)cc1. The fourth-order valence-corrected chi connectivity index (χ4v) is 3.27. The number of nitrogens with one attached hydrogen (secondary N) is 2. The predicted octanol–water partition coefficient (Wildman–Crippen LogP) is 2.65. The Morgan fingerprint density at radius 1 is 0.500 bits per heavy atom. The summed E-state index contributed by atoms with van der Waals surface area (Å²) in [5.74, 6) is 2.81. The van der Waals surface area contributed by atoms with Crippen molar-refractivity contribution in [3.63, 3.8) is 0 Å². The molecule has 0 aliphatic rings. The van der Waals surface area contributed by atoms with Gasteiger partial charge in [0.2, 0.25) is 0 Å². The Labute approximate surface area is 238 Å². The molecule has 0 heterocycles. The highest BCUT2D eigenvalue weighted by Crippen LogP contribution is 2.18. The third-order valence-corrected chi connectivity index (χ3v) is 5.42. The van der Waals surface area contributed by atoms with E-state index in [1.165, 1.54) is 0 Å². The van der Waals surface area contributed by atoms with Gasteiger partial charge < -0.3 is 49.3 Å². The molecule has 0 unspecified atom stereocenters. The molecule has 0 aliphatic carbocycles. The first kappa shape index (κ1) is 33.6. The fraction of sp³-hybridized carbons (Fsp3) is 0.600. The Hall–Kier alpha value is -2.60. The van der Waals surface area contributed by atoms with E-state index in [1.807, 2.05) is 76.2 Å². The van der Waals surface area contributed by atoms with Crippen molar-refractivity contribution in [2.45, 2.75) is 52.0 Å². The van der Waals surface area contributed by atoms with Crippen LogP contribution in [-0.2, 0) is 9.47 Å². The molecular formula is C30H48N2O8. The molecule has 40 heavy (non-hydrogen) atoms. The van der Waals surface area contributed by atoms with Gasteiger partial charge in [0, 0.05) is 25.2 Å². The zero-order valence-corrected chi connectivity index (χ0v) is 24.3. The van der Waals surface area contributed by atoms with Crippen molar-refractivity contribution in [3.05, 3.63) is 48.5 Å². The summed E-state index contributed by atoms with van der Waals surface area (Å²) >= 11 is 0. The monoisotopic (exact) mass is 564 g/mol. The van der Waals surface area contributed by atoms with Crippen LogP contribution in [0, 0.1) is 0 Å². The third-order valence-electron chi connectivity index (χ3n) is 5.42. The smallest absolute Gasteiger partial charge is 0.119 e. The lowest BCUT2D eigenvalue weighted by atomic mass is 10.3. The number of aliphatic hydroxyl groups excluding tert-OH is 2. The maximum absolute atomic E-state index is 9.92. The standard InChI is InChI=1S/C30H48N2O8/c1-23(2)31-19-25(33)21-39-29-9-5-27(6-10-29)37-17-15-35-13-14-36-16-18-38-28-7-11-30(12-8-28)40-22-26(34)20-32-24(3)4/h5-12,23-26,31-34H,13-22H2,1-4H3/t25-,26-/m0/s1. The van der Waals surface area contributed by atoms with E-state index in [2.05, 4.69) is 10.6 Å². The number of aliphatic hydroxyl groups is 2. The summed E-state index contributed by atoms with van der Waals surface area (Å²) in [6, 6.07) is 15.2. The zero-order chi connectivity index (χ0) is 29.0. The molecule has 0 saturated carbocycles. The first-order chi connectivity index (χ1) is 19.3. The second-order valence-corrected chi connectivity index (χ2v) is 9.92.